The minimum atomic E-state index is -0.260. The summed E-state index contributed by atoms with van der Waals surface area (Å²) in [5.41, 5.74) is 1.88. The predicted molar refractivity (Wildman–Crippen MR) is 103 cm³/mol. The number of benzene rings is 1. The third-order valence-corrected chi connectivity index (χ3v) is 5.97. The van der Waals surface area contributed by atoms with Crippen LogP contribution in [0.1, 0.15) is 55.5 Å². The molecule has 1 aliphatic heterocycles. The van der Waals surface area contributed by atoms with E-state index in [2.05, 4.69) is 5.32 Å². The molecule has 0 radical (unpaired) electrons. The zero-order valence-electron chi connectivity index (χ0n) is 16.4. The van der Waals surface area contributed by atoms with Crippen LogP contribution in [0.4, 0.5) is 0 Å². The summed E-state index contributed by atoms with van der Waals surface area (Å²) in [7, 11) is 0. The van der Waals surface area contributed by atoms with Gasteiger partial charge in [0, 0.05) is 0 Å². The van der Waals surface area contributed by atoms with Gasteiger partial charge in [0.2, 0.25) is 0 Å². The Bertz CT molecular complexity index is 642. The summed E-state index contributed by atoms with van der Waals surface area (Å²) in [6.45, 7) is 5.43. The summed E-state index contributed by atoms with van der Waals surface area (Å²) < 4.78 is 10.2. The molecule has 1 N–H and O–H groups in total. The minimum Gasteiger partial charge on any atom is -0.465 e. The van der Waals surface area contributed by atoms with Crippen LogP contribution in [0.2, 0.25) is 0 Å². The van der Waals surface area contributed by atoms with E-state index >= 15 is 0 Å². The maximum Gasteiger partial charge on any atom is 0.338 e. The van der Waals surface area contributed by atoms with Crippen molar-refractivity contribution in [2.45, 2.75) is 52.0 Å². The van der Waals surface area contributed by atoms with Gasteiger partial charge in [-0.3, -0.25) is 4.79 Å². The Morgan fingerprint density at radius 2 is 1.74 bits per heavy atom. The fourth-order valence-corrected chi connectivity index (χ4v) is 4.59. The van der Waals surface area contributed by atoms with Crippen molar-refractivity contribution < 1.29 is 19.1 Å². The van der Waals surface area contributed by atoms with E-state index in [1.165, 1.54) is 24.8 Å². The van der Waals surface area contributed by atoms with Crippen LogP contribution in [0, 0.1) is 17.8 Å². The Morgan fingerprint density at radius 1 is 1.00 bits per heavy atom. The van der Waals surface area contributed by atoms with Crippen LogP contribution < -0.4 is 5.32 Å². The molecule has 1 saturated heterocycles. The number of hydrogen-bond acceptors (Lipinski definition) is 5. The highest BCUT2D eigenvalue weighted by Crippen LogP contribution is 2.39. The van der Waals surface area contributed by atoms with Crippen LogP contribution in [-0.2, 0) is 20.7 Å². The van der Waals surface area contributed by atoms with Gasteiger partial charge in [-0.05, 0) is 87.9 Å². The molecule has 2 aliphatic rings. The highest BCUT2D eigenvalue weighted by molar-refractivity contribution is 5.89. The number of hydrogen-bond donors (Lipinski definition) is 1. The summed E-state index contributed by atoms with van der Waals surface area (Å²) in [5, 5.41) is 3.38. The molecule has 0 bridgehead atoms. The number of carbonyl (C=O) groups is 2. The summed E-state index contributed by atoms with van der Waals surface area (Å²) in [4.78, 5) is 23.8. The standard InChI is InChI=1S/C22H31NO4/c1-3-26-21(24)17-8-5-15(6-9-17)11-16-7-10-18-14-23-20(13-19(18)12-16)22(25)27-4-2/h5-6,8-9,16,18-20,23H,3-4,7,10-14H2,1-2H3/t16-,18?,19?,20+/m1/s1. The largest absolute Gasteiger partial charge is 0.465 e. The Labute approximate surface area is 161 Å². The van der Waals surface area contributed by atoms with Gasteiger partial charge in [0.05, 0.1) is 18.8 Å². The van der Waals surface area contributed by atoms with Gasteiger partial charge in [-0.2, -0.15) is 0 Å². The topological polar surface area (TPSA) is 64.6 Å². The molecule has 1 aliphatic carbocycles. The first kappa shape index (κ1) is 19.9. The van der Waals surface area contributed by atoms with Crippen molar-refractivity contribution >= 4 is 11.9 Å². The zero-order valence-corrected chi connectivity index (χ0v) is 16.4. The van der Waals surface area contributed by atoms with Gasteiger partial charge in [-0.1, -0.05) is 12.1 Å². The van der Waals surface area contributed by atoms with Gasteiger partial charge < -0.3 is 14.8 Å². The van der Waals surface area contributed by atoms with Crippen molar-refractivity contribution in [3.63, 3.8) is 0 Å². The molecule has 1 aromatic rings. The van der Waals surface area contributed by atoms with E-state index in [4.69, 9.17) is 9.47 Å². The van der Waals surface area contributed by atoms with Crippen LogP contribution >= 0.6 is 0 Å². The van der Waals surface area contributed by atoms with Crippen molar-refractivity contribution in [3.8, 4) is 0 Å². The second kappa shape index (κ2) is 9.36. The first-order valence-corrected chi connectivity index (χ1v) is 10.3. The summed E-state index contributed by atoms with van der Waals surface area (Å²) in [6, 6.07) is 7.67. The number of piperidine rings is 1. The van der Waals surface area contributed by atoms with Crippen LogP contribution in [0.25, 0.3) is 0 Å². The number of fused-ring (bicyclic) bond motifs is 1. The van der Waals surface area contributed by atoms with Gasteiger partial charge in [0.15, 0.2) is 0 Å². The molecule has 1 heterocycles. The smallest absolute Gasteiger partial charge is 0.338 e. The first-order valence-electron chi connectivity index (χ1n) is 10.3. The highest BCUT2D eigenvalue weighted by Gasteiger charge is 2.38. The lowest BCUT2D eigenvalue weighted by atomic mass is 9.68. The van der Waals surface area contributed by atoms with Gasteiger partial charge in [0.1, 0.15) is 6.04 Å². The van der Waals surface area contributed by atoms with Gasteiger partial charge in [0.25, 0.3) is 0 Å². The van der Waals surface area contributed by atoms with Crippen molar-refractivity contribution in [1.82, 2.24) is 5.32 Å². The molecule has 2 unspecified atom stereocenters. The van der Waals surface area contributed by atoms with E-state index in [0.29, 0.717) is 36.5 Å². The Kier molecular flexibility index (Phi) is 6.89. The molecule has 2 fully saturated rings. The lowest BCUT2D eigenvalue weighted by Gasteiger charge is -2.42. The number of rotatable bonds is 6. The van der Waals surface area contributed by atoms with Gasteiger partial charge >= 0.3 is 11.9 Å². The Balaban J connectivity index is 1.55. The fourth-order valence-electron chi connectivity index (χ4n) is 4.59. The SMILES string of the molecule is CCOC(=O)c1ccc(C[C@H]2CCC3CN[C@H](C(=O)OCC)CC3C2)cc1. The van der Waals surface area contributed by atoms with Crippen molar-refractivity contribution in [2.24, 2.45) is 17.8 Å². The Morgan fingerprint density at radius 3 is 2.44 bits per heavy atom. The summed E-state index contributed by atoms with van der Waals surface area (Å²) in [6.07, 6.45) is 5.54. The normalized spacial score (nSPS) is 27.5. The second-order valence-electron chi connectivity index (χ2n) is 7.77. The van der Waals surface area contributed by atoms with Crippen LogP contribution in [0.5, 0.6) is 0 Å². The molecule has 5 heteroatoms. The maximum absolute atomic E-state index is 12.1. The molecule has 27 heavy (non-hydrogen) atoms. The lowest BCUT2D eigenvalue weighted by Crippen LogP contribution is -2.50. The molecule has 3 rings (SSSR count). The number of carbonyl (C=O) groups excluding carboxylic acids is 2. The molecular weight excluding hydrogens is 342 g/mol. The maximum atomic E-state index is 12.1. The quantitative estimate of drug-likeness (QED) is 0.775. The number of nitrogens with one attached hydrogen (secondary N) is 1. The monoisotopic (exact) mass is 373 g/mol. The fraction of sp³-hybridized carbons (Fsp3) is 0.636. The molecule has 1 saturated carbocycles. The molecule has 148 valence electrons. The summed E-state index contributed by atoms with van der Waals surface area (Å²) >= 11 is 0. The van der Waals surface area contributed by atoms with Gasteiger partial charge in [-0.25, -0.2) is 4.79 Å². The number of esters is 2. The van der Waals surface area contributed by atoms with Gasteiger partial charge in [-0.15, -0.1) is 0 Å². The number of ether oxygens (including phenoxy) is 2. The average Bonchev–Trinajstić information content (AvgIpc) is 2.68. The Hall–Kier alpha value is -1.88. The zero-order chi connectivity index (χ0) is 19.2. The first-order chi connectivity index (χ1) is 13.1. The molecular formula is C22H31NO4. The summed E-state index contributed by atoms with van der Waals surface area (Å²) in [5.74, 6) is 1.55. The third kappa shape index (κ3) is 5.10. The second-order valence-corrected chi connectivity index (χ2v) is 7.77. The molecule has 5 nitrogen and oxygen atoms in total. The molecule has 0 spiro atoms. The minimum absolute atomic E-state index is 0.104. The third-order valence-electron chi connectivity index (χ3n) is 5.97. The van der Waals surface area contributed by atoms with E-state index in [1.54, 1.807) is 0 Å². The van der Waals surface area contributed by atoms with E-state index < -0.39 is 0 Å². The van der Waals surface area contributed by atoms with Crippen LogP contribution in [-0.4, -0.2) is 37.7 Å². The van der Waals surface area contributed by atoms with Crippen molar-refractivity contribution in [3.05, 3.63) is 35.4 Å². The van der Waals surface area contributed by atoms with E-state index in [1.807, 2.05) is 38.1 Å². The molecule has 1 aromatic carbocycles. The van der Waals surface area contributed by atoms with Crippen molar-refractivity contribution in [1.29, 1.82) is 0 Å². The molecule has 0 aromatic heterocycles. The van der Waals surface area contributed by atoms with E-state index in [0.717, 1.165) is 19.4 Å². The molecule has 4 atom stereocenters. The van der Waals surface area contributed by atoms with Crippen LogP contribution in [0.15, 0.2) is 24.3 Å². The predicted octanol–water partition coefficient (Wildman–Crippen LogP) is 3.36. The van der Waals surface area contributed by atoms with E-state index in [9.17, 15) is 9.59 Å². The highest BCUT2D eigenvalue weighted by atomic mass is 16.5. The lowest BCUT2D eigenvalue weighted by molar-refractivity contribution is -0.147. The molecule has 0 amide bonds. The average molecular weight is 373 g/mol. The van der Waals surface area contributed by atoms with Crippen molar-refractivity contribution in [2.75, 3.05) is 19.8 Å². The van der Waals surface area contributed by atoms with E-state index in [-0.39, 0.29) is 18.0 Å². The van der Waals surface area contributed by atoms with Crippen LogP contribution in [0.3, 0.4) is 0 Å².